The van der Waals surface area contributed by atoms with E-state index in [2.05, 4.69) is 41.7 Å². The van der Waals surface area contributed by atoms with Crippen LogP contribution in [0.2, 0.25) is 0 Å². The molecule has 0 atom stereocenters. The molecule has 0 aliphatic rings. The second-order valence-electron chi connectivity index (χ2n) is 13.5. The van der Waals surface area contributed by atoms with Crippen LogP contribution in [0.1, 0.15) is 21.5 Å². The van der Waals surface area contributed by atoms with Gasteiger partial charge in [0.25, 0.3) is 10.1 Å². The summed E-state index contributed by atoms with van der Waals surface area (Å²) >= 11 is 1.06. The highest BCUT2D eigenvalue weighted by atomic mass is 32.2. The van der Waals surface area contributed by atoms with Gasteiger partial charge in [-0.2, -0.15) is 13.7 Å². The maximum absolute atomic E-state index is 12.3. The van der Waals surface area contributed by atoms with E-state index in [1.165, 1.54) is 34.7 Å². The molecule has 0 bridgehead atoms. The number of nitrogens with zero attached hydrogens (tertiary/aromatic N) is 10. The Hall–Kier alpha value is -8.11. The number of nitriles is 1. The number of imidazole rings is 1. The second-order valence-corrected chi connectivity index (χ2v) is 15.8. The zero-order chi connectivity index (χ0) is 42.4. The molecule has 3 aromatic heterocycles. The van der Waals surface area contributed by atoms with Crippen LogP contribution in [0, 0.1) is 18.3 Å². The summed E-state index contributed by atoms with van der Waals surface area (Å²) < 4.78 is 35.9. The van der Waals surface area contributed by atoms with Gasteiger partial charge >= 0.3 is 5.97 Å². The van der Waals surface area contributed by atoms with Gasteiger partial charge in [-0.1, -0.05) is 78.1 Å². The fourth-order valence-corrected chi connectivity index (χ4v) is 8.07. The number of aromatic carboxylic acids is 1. The van der Waals surface area contributed by atoms with E-state index in [4.69, 9.17) is 4.98 Å². The summed E-state index contributed by atoms with van der Waals surface area (Å²) in [7, 11) is -4.66. The van der Waals surface area contributed by atoms with Gasteiger partial charge in [-0.3, -0.25) is 8.95 Å². The Labute approximate surface area is 348 Å². The summed E-state index contributed by atoms with van der Waals surface area (Å²) in [6.45, 7) is 1.61. The second kappa shape index (κ2) is 15.2. The van der Waals surface area contributed by atoms with E-state index in [1.807, 2.05) is 42.5 Å². The number of pyridine rings is 1. The predicted molar refractivity (Wildman–Crippen MR) is 229 cm³/mol. The van der Waals surface area contributed by atoms with Gasteiger partial charge in [0.2, 0.25) is 11.0 Å². The molecule has 0 aliphatic carbocycles. The molecule has 296 valence electrons. The first-order valence-electron chi connectivity index (χ1n) is 18.1. The maximum Gasteiger partial charge on any atom is 0.337 e. The summed E-state index contributed by atoms with van der Waals surface area (Å²) in [5.41, 5.74) is 3.51. The average Bonchev–Trinajstić information content (AvgIpc) is 3.86. The van der Waals surface area contributed by atoms with Crippen LogP contribution in [-0.2, 0) is 10.1 Å². The maximum atomic E-state index is 12.3. The van der Waals surface area contributed by atoms with Crippen molar-refractivity contribution in [3.8, 4) is 23.2 Å². The number of hydrogen-bond donors (Lipinski definition) is 3. The first-order valence-corrected chi connectivity index (χ1v) is 20.4. The Balaban J connectivity index is 1.14. The van der Waals surface area contributed by atoms with Crippen molar-refractivity contribution >= 4 is 98.5 Å². The molecule has 9 rings (SSSR count). The van der Waals surface area contributed by atoms with Crippen molar-refractivity contribution in [3.05, 3.63) is 138 Å². The number of fused-ring (bicyclic) bond motifs is 5. The van der Waals surface area contributed by atoms with E-state index in [1.54, 1.807) is 55.5 Å². The zero-order valence-corrected chi connectivity index (χ0v) is 33.0. The van der Waals surface area contributed by atoms with Crippen LogP contribution in [0.3, 0.4) is 0 Å². The van der Waals surface area contributed by atoms with Gasteiger partial charge in [-0.05, 0) is 72.3 Å². The normalized spacial score (nSPS) is 12.2. The standard InChI is InChI=1S/C43H26N10O6S2/c1-23-31(22-44)39-45-35-12-6-7-13-36(35)53(39)41(54)37(23)50-47-34-19-18-33(28-17-16-27(21-30(28)34)61(57,58)59)49-52-43-46-38(26-15-14-24-8-2-3-9-25(24)20-26)40(60-43)51-48-32-11-5-4-10-29(32)42(55)56/h2-21,54H,1H3,(H,55,56)(H,57,58,59). The third-order valence-electron chi connectivity index (χ3n) is 9.79. The molecule has 0 amide bonds. The van der Waals surface area contributed by atoms with Crippen LogP contribution >= 0.6 is 11.3 Å². The SMILES string of the molecule is Cc1c(N=Nc2ccc(N=Nc3nc(-c4ccc5ccccc5c4)c(N=Nc4ccccc4C(=O)O)s3)c3ccc(S(=O)(=O)O)cc23)c(O)n2c(nc3ccccc32)c1C#N. The summed E-state index contributed by atoms with van der Waals surface area (Å²) in [5.74, 6) is -1.47. The molecule has 61 heavy (non-hydrogen) atoms. The fourth-order valence-electron chi connectivity index (χ4n) is 6.83. The summed E-state index contributed by atoms with van der Waals surface area (Å²) in [6, 6.07) is 36.0. The van der Waals surface area contributed by atoms with Crippen LogP contribution in [0.25, 0.3) is 49.5 Å². The Morgan fingerprint density at radius 1 is 0.754 bits per heavy atom. The lowest BCUT2D eigenvalue weighted by atomic mass is 10.1. The van der Waals surface area contributed by atoms with Crippen LogP contribution in [0.15, 0.2) is 157 Å². The van der Waals surface area contributed by atoms with E-state index in [0.717, 1.165) is 22.1 Å². The number of carboxylic acids is 1. The van der Waals surface area contributed by atoms with Crippen molar-refractivity contribution in [3.63, 3.8) is 0 Å². The number of carbonyl (C=O) groups is 1. The highest BCUT2D eigenvalue weighted by Gasteiger charge is 2.22. The molecular formula is C43H26N10O6S2. The van der Waals surface area contributed by atoms with Gasteiger partial charge in [0.1, 0.15) is 23.0 Å². The topological polar surface area (TPSA) is 240 Å². The lowest BCUT2D eigenvalue weighted by Crippen LogP contribution is -1.97. The van der Waals surface area contributed by atoms with E-state index in [0.29, 0.717) is 38.2 Å². The molecule has 6 aromatic carbocycles. The molecule has 0 saturated carbocycles. The summed E-state index contributed by atoms with van der Waals surface area (Å²) in [6.07, 6.45) is 0. The fraction of sp³-hybridized carbons (Fsp3) is 0.0233. The van der Waals surface area contributed by atoms with Gasteiger partial charge in [0.05, 0.1) is 32.9 Å². The van der Waals surface area contributed by atoms with Gasteiger partial charge in [-0.15, -0.1) is 30.7 Å². The molecular weight excluding hydrogens is 817 g/mol. The molecule has 3 N–H and O–H groups in total. The number of para-hydroxylation sites is 2. The molecule has 3 heterocycles. The Bertz CT molecular complexity index is 3550. The Morgan fingerprint density at radius 3 is 2.25 bits per heavy atom. The summed E-state index contributed by atoms with van der Waals surface area (Å²) in [5, 5.41) is 60.6. The predicted octanol–water partition coefficient (Wildman–Crippen LogP) is 12.0. The molecule has 0 unspecified atom stereocenters. The molecule has 9 aromatic rings. The molecule has 16 nitrogen and oxygen atoms in total. The third-order valence-corrected chi connectivity index (χ3v) is 11.5. The van der Waals surface area contributed by atoms with Gasteiger partial charge in [0.15, 0.2) is 16.3 Å². The van der Waals surface area contributed by atoms with Crippen molar-refractivity contribution in [2.45, 2.75) is 11.8 Å². The highest BCUT2D eigenvalue weighted by molar-refractivity contribution is 7.85. The number of thiazole rings is 1. The highest BCUT2D eigenvalue weighted by Crippen LogP contribution is 2.44. The first kappa shape index (κ1) is 38.4. The van der Waals surface area contributed by atoms with Crippen molar-refractivity contribution < 1.29 is 28.0 Å². The lowest BCUT2D eigenvalue weighted by Gasteiger charge is -2.09. The van der Waals surface area contributed by atoms with Crippen LogP contribution in [-0.4, -0.2) is 43.5 Å². The molecule has 18 heteroatoms. The van der Waals surface area contributed by atoms with Crippen LogP contribution < -0.4 is 0 Å². The molecule has 0 aliphatic heterocycles. The van der Waals surface area contributed by atoms with Crippen LogP contribution in [0.4, 0.5) is 32.9 Å². The number of carboxylic acid groups (broad SMARTS) is 1. The number of hydrogen-bond acceptors (Lipinski definition) is 14. The number of aromatic hydroxyl groups is 1. The van der Waals surface area contributed by atoms with Gasteiger partial charge in [-0.25, -0.2) is 14.8 Å². The van der Waals surface area contributed by atoms with Crippen molar-refractivity contribution in [2.75, 3.05) is 0 Å². The number of azo groups is 3. The van der Waals surface area contributed by atoms with Crippen molar-refractivity contribution in [1.29, 1.82) is 5.26 Å². The lowest BCUT2D eigenvalue weighted by molar-refractivity contribution is 0.0697. The number of benzene rings is 6. The molecule has 0 spiro atoms. The quantitative estimate of drug-likeness (QED) is 0.0923. The zero-order valence-electron chi connectivity index (χ0n) is 31.4. The monoisotopic (exact) mass is 842 g/mol. The van der Waals surface area contributed by atoms with Crippen molar-refractivity contribution in [1.82, 2.24) is 14.4 Å². The summed E-state index contributed by atoms with van der Waals surface area (Å²) in [4.78, 5) is 20.7. The Morgan fingerprint density at radius 2 is 1.46 bits per heavy atom. The molecule has 0 saturated heterocycles. The van der Waals surface area contributed by atoms with E-state index in [9.17, 15) is 33.2 Å². The Kier molecular flexibility index (Phi) is 9.60. The number of rotatable bonds is 9. The smallest absolute Gasteiger partial charge is 0.337 e. The minimum atomic E-state index is -4.66. The van der Waals surface area contributed by atoms with Gasteiger partial charge < -0.3 is 10.2 Å². The van der Waals surface area contributed by atoms with Gasteiger partial charge in [0, 0.05) is 21.9 Å². The van der Waals surface area contributed by atoms with Crippen LogP contribution in [0.5, 0.6) is 5.88 Å². The molecule has 0 radical (unpaired) electrons. The van der Waals surface area contributed by atoms with E-state index >= 15 is 0 Å². The largest absolute Gasteiger partial charge is 0.493 e. The molecule has 0 fully saturated rings. The average molecular weight is 843 g/mol. The minimum absolute atomic E-state index is 0.0135. The van der Waals surface area contributed by atoms with E-state index < -0.39 is 21.0 Å². The van der Waals surface area contributed by atoms with E-state index in [-0.39, 0.29) is 55.9 Å². The van der Waals surface area contributed by atoms with Crippen molar-refractivity contribution in [2.24, 2.45) is 30.7 Å². The third kappa shape index (κ3) is 7.10. The minimum Gasteiger partial charge on any atom is -0.493 e. The first-order chi connectivity index (χ1) is 29.5. The number of aromatic nitrogens is 3.